The minimum atomic E-state index is -0.716. The molecule has 0 saturated carbocycles. The Morgan fingerprint density at radius 3 is 3.00 bits per heavy atom. The lowest BCUT2D eigenvalue weighted by atomic mass is 9.98. The molecular weight excluding hydrogens is 237 g/mol. The zero-order chi connectivity index (χ0) is 13.3. The number of azide groups is 1. The van der Waals surface area contributed by atoms with Crippen LogP contribution in [0.1, 0.15) is 29.8 Å². The van der Waals surface area contributed by atoms with E-state index in [0.29, 0.717) is 17.7 Å². The zero-order valence-corrected chi connectivity index (χ0v) is 10.1. The van der Waals surface area contributed by atoms with E-state index in [2.05, 4.69) is 10.0 Å². The summed E-state index contributed by atoms with van der Waals surface area (Å²) in [4.78, 5) is 14.1. The van der Waals surface area contributed by atoms with E-state index in [9.17, 15) is 9.18 Å². The number of hydrogen-bond acceptors (Lipinski definition) is 3. The minimum absolute atomic E-state index is 0.136. The van der Waals surface area contributed by atoms with Gasteiger partial charge in [0.05, 0.1) is 12.1 Å². The number of ether oxygens (including phenoxy) is 1. The lowest BCUT2D eigenvalue weighted by molar-refractivity contribution is 0.0991. The van der Waals surface area contributed by atoms with Gasteiger partial charge in [-0.3, -0.25) is 4.79 Å². The van der Waals surface area contributed by atoms with Crippen LogP contribution in [0.15, 0.2) is 17.2 Å². The molecular formula is C12H12FN3O2. The fraction of sp³-hybridized carbons (Fsp3) is 0.417. The van der Waals surface area contributed by atoms with Crippen molar-refractivity contribution < 1.29 is 13.9 Å². The van der Waals surface area contributed by atoms with Gasteiger partial charge in [-0.15, -0.1) is 0 Å². The molecule has 1 unspecified atom stereocenters. The molecule has 1 aromatic rings. The predicted octanol–water partition coefficient (Wildman–Crippen LogP) is 3.03. The molecule has 5 nitrogen and oxygen atoms in total. The zero-order valence-electron chi connectivity index (χ0n) is 10.1. The summed E-state index contributed by atoms with van der Waals surface area (Å²) in [6.45, 7) is 3.27. The fourth-order valence-corrected chi connectivity index (χ4v) is 2.12. The summed E-state index contributed by atoms with van der Waals surface area (Å²) in [7, 11) is 0. The van der Waals surface area contributed by atoms with Gasteiger partial charge < -0.3 is 4.74 Å². The first-order chi connectivity index (χ1) is 8.45. The van der Waals surface area contributed by atoms with Crippen molar-refractivity contribution in [1.82, 2.24) is 0 Å². The van der Waals surface area contributed by atoms with Gasteiger partial charge in [0.15, 0.2) is 5.78 Å². The van der Waals surface area contributed by atoms with E-state index in [1.165, 1.54) is 19.1 Å². The number of benzene rings is 1. The number of fused-ring (bicyclic) bond motifs is 1. The van der Waals surface area contributed by atoms with Gasteiger partial charge in [0.1, 0.15) is 17.2 Å². The maximum Gasteiger partial charge on any atom is 0.163 e. The Hall–Kier alpha value is -2.07. The van der Waals surface area contributed by atoms with E-state index in [-0.39, 0.29) is 17.9 Å². The molecule has 0 saturated heterocycles. The second kappa shape index (κ2) is 4.31. The van der Waals surface area contributed by atoms with Crippen LogP contribution in [0, 0.1) is 5.82 Å². The van der Waals surface area contributed by atoms with Crippen LogP contribution in [0.3, 0.4) is 0 Å². The van der Waals surface area contributed by atoms with E-state index >= 15 is 0 Å². The topological polar surface area (TPSA) is 75.1 Å². The van der Waals surface area contributed by atoms with Gasteiger partial charge in [-0.1, -0.05) is 5.11 Å². The van der Waals surface area contributed by atoms with Crippen molar-refractivity contribution in [1.29, 1.82) is 0 Å². The number of halogens is 1. The monoisotopic (exact) mass is 249 g/mol. The quantitative estimate of drug-likeness (QED) is 0.357. The molecule has 0 N–H and O–H groups in total. The van der Waals surface area contributed by atoms with Crippen molar-refractivity contribution in [3.63, 3.8) is 0 Å². The highest BCUT2D eigenvalue weighted by molar-refractivity contribution is 5.97. The normalized spacial score (nSPS) is 20.8. The Morgan fingerprint density at radius 1 is 1.67 bits per heavy atom. The third kappa shape index (κ3) is 2.15. The van der Waals surface area contributed by atoms with Gasteiger partial charge in [0.25, 0.3) is 0 Å². The van der Waals surface area contributed by atoms with E-state index in [1.807, 2.05) is 0 Å². The van der Waals surface area contributed by atoms with Crippen LogP contribution in [-0.4, -0.2) is 17.9 Å². The molecule has 2 rings (SSSR count). The molecule has 0 amide bonds. The second-order valence-electron chi connectivity index (χ2n) is 4.62. The first-order valence-electron chi connectivity index (χ1n) is 5.48. The Morgan fingerprint density at radius 2 is 2.39 bits per heavy atom. The molecule has 18 heavy (non-hydrogen) atoms. The number of carbonyl (C=O) groups excluding carboxylic acids is 1. The van der Waals surface area contributed by atoms with Crippen LogP contribution in [0.5, 0.6) is 5.75 Å². The molecule has 0 aromatic heterocycles. The fourth-order valence-electron chi connectivity index (χ4n) is 2.12. The highest BCUT2D eigenvalue weighted by Crippen LogP contribution is 2.38. The van der Waals surface area contributed by atoms with E-state index in [4.69, 9.17) is 10.3 Å². The lowest BCUT2D eigenvalue weighted by Gasteiger charge is -2.21. The van der Waals surface area contributed by atoms with Gasteiger partial charge in [-0.05, 0) is 31.5 Å². The van der Waals surface area contributed by atoms with Crippen LogP contribution in [0.25, 0.3) is 10.4 Å². The average molecular weight is 249 g/mol. The van der Waals surface area contributed by atoms with Gasteiger partial charge in [0, 0.05) is 16.9 Å². The van der Waals surface area contributed by atoms with Crippen LogP contribution in [-0.2, 0) is 6.42 Å². The summed E-state index contributed by atoms with van der Waals surface area (Å²) in [5, 5.41) is 3.48. The van der Waals surface area contributed by atoms with Crippen molar-refractivity contribution in [3.8, 4) is 5.75 Å². The number of rotatable bonds is 3. The Kier molecular flexibility index (Phi) is 2.97. The third-order valence-corrected chi connectivity index (χ3v) is 2.89. The molecule has 0 bridgehead atoms. The van der Waals surface area contributed by atoms with Gasteiger partial charge >= 0.3 is 0 Å². The smallest absolute Gasteiger partial charge is 0.163 e. The van der Waals surface area contributed by atoms with E-state index < -0.39 is 11.4 Å². The molecule has 6 heteroatoms. The molecule has 0 aliphatic carbocycles. The maximum atomic E-state index is 13.4. The second-order valence-corrected chi connectivity index (χ2v) is 4.62. The number of carbonyl (C=O) groups is 1. The van der Waals surface area contributed by atoms with Crippen molar-refractivity contribution in [2.24, 2.45) is 5.11 Å². The molecule has 1 atom stereocenters. The molecule has 1 aromatic carbocycles. The van der Waals surface area contributed by atoms with Crippen molar-refractivity contribution >= 4 is 5.78 Å². The summed E-state index contributed by atoms with van der Waals surface area (Å²) in [6.07, 6.45) is 0.416. The van der Waals surface area contributed by atoms with Crippen LogP contribution >= 0.6 is 0 Å². The van der Waals surface area contributed by atoms with Crippen molar-refractivity contribution in [2.75, 3.05) is 6.54 Å². The van der Waals surface area contributed by atoms with Crippen molar-refractivity contribution in [3.05, 3.63) is 39.5 Å². The lowest BCUT2D eigenvalue weighted by Crippen LogP contribution is -2.33. The summed E-state index contributed by atoms with van der Waals surface area (Å²) in [5.74, 6) is -0.311. The van der Waals surface area contributed by atoms with Crippen molar-refractivity contribution in [2.45, 2.75) is 25.9 Å². The number of Topliss-reactive ketones (excluding diaryl/α,β-unsaturated/α-hetero) is 1. The standard InChI is InChI=1S/C12H12FN3O2/c1-7(17)10-4-9(13)3-8-5-12(2,6-15-16-14)18-11(8)10/h3-4H,5-6H2,1-2H3. The highest BCUT2D eigenvalue weighted by Gasteiger charge is 2.36. The summed E-state index contributed by atoms with van der Waals surface area (Å²) in [5.41, 5.74) is 8.48. The largest absolute Gasteiger partial charge is 0.486 e. The highest BCUT2D eigenvalue weighted by atomic mass is 19.1. The Bertz CT molecular complexity index is 567. The Balaban J connectivity index is 2.42. The predicted molar refractivity (Wildman–Crippen MR) is 63.2 cm³/mol. The van der Waals surface area contributed by atoms with Crippen LogP contribution < -0.4 is 4.74 Å². The molecule has 94 valence electrons. The minimum Gasteiger partial charge on any atom is -0.486 e. The van der Waals surface area contributed by atoms with Crippen LogP contribution in [0.2, 0.25) is 0 Å². The third-order valence-electron chi connectivity index (χ3n) is 2.89. The number of ketones is 1. The molecule has 0 spiro atoms. The molecule has 1 aliphatic heterocycles. The SMILES string of the molecule is CC(=O)c1cc(F)cc2c1OC(C)(CN=[N+]=[N-])C2. The summed E-state index contributed by atoms with van der Waals surface area (Å²) in [6, 6.07) is 2.52. The first-order valence-corrected chi connectivity index (χ1v) is 5.48. The maximum absolute atomic E-state index is 13.4. The van der Waals surface area contributed by atoms with Gasteiger partial charge in [-0.2, -0.15) is 0 Å². The molecule has 1 heterocycles. The van der Waals surface area contributed by atoms with Gasteiger partial charge in [0.2, 0.25) is 0 Å². The van der Waals surface area contributed by atoms with E-state index in [0.717, 1.165) is 0 Å². The van der Waals surface area contributed by atoms with Gasteiger partial charge in [-0.25, -0.2) is 4.39 Å². The number of hydrogen-bond donors (Lipinski definition) is 0. The Labute approximate surface area is 103 Å². The molecule has 0 radical (unpaired) electrons. The number of nitrogens with zero attached hydrogens (tertiary/aromatic N) is 3. The summed E-state index contributed by atoms with van der Waals surface area (Å²) >= 11 is 0. The molecule has 1 aliphatic rings. The summed E-state index contributed by atoms with van der Waals surface area (Å²) < 4.78 is 19.1. The first kappa shape index (κ1) is 12.4. The molecule has 0 fully saturated rings. The average Bonchev–Trinajstić information content (AvgIpc) is 2.62. The van der Waals surface area contributed by atoms with E-state index in [1.54, 1.807) is 6.92 Å². The van der Waals surface area contributed by atoms with Crippen LogP contribution in [0.4, 0.5) is 4.39 Å².